The van der Waals surface area contributed by atoms with E-state index in [-0.39, 0.29) is 5.97 Å². The van der Waals surface area contributed by atoms with Crippen molar-refractivity contribution in [3.05, 3.63) is 30.6 Å². The van der Waals surface area contributed by atoms with E-state index in [1.165, 1.54) is 11.0 Å². The van der Waals surface area contributed by atoms with E-state index in [2.05, 4.69) is 15.5 Å². The van der Waals surface area contributed by atoms with Crippen molar-refractivity contribution >= 4 is 5.97 Å². The first kappa shape index (κ1) is 10.3. The van der Waals surface area contributed by atoms with Crippen molar-refractivity contribution in [1.29, 1.82) is 0 Å². The second-order valence-corrected chi connectivity index (χ2v) is 3.08. The fourth-order valence-electron chi connectivity index (χ4n) is 1.17. The third-order valence-electron chi connectivity index (χ3n) is 1.95. The third-order valence-corrected chi connectivity index (χ3v) is 1.95. The lowest BCUT2D eigenvalue weighted by Gasteiger charge is -2.04. The Morgan fingerprint density at radius 3 is 3.06 bits per heavy atom. The van der Waals surface area contributed by atoms with Crippen LogP contribution in [0.15, 0.2) is 30.6 Å². The number of carbonyl (C=O) groups is 1. The summed E-state index contributed by atoms with van der Waals surface area (Å²) < 4.78 is 6.57. The number of carbonyl (C=O) groups excluding carboxylic acids is 1. The molecular weight excluding hydrogens is 208 g/mol. The minimum atomic E-state index is -0.270. The molecule has 16 heavy (non-hydrogen) atoms. The van der Waals surface area contributed by atoms with Crippen molar-refractivity contribution in [1.82, 2.24) is 20.2 Å². The molecule has 82 valence electrons. The monoisotopic (exact) mass is 218 g/mol. The van der Waals surface area contributed by atoms with Crippen LogP contribution in [0.2, 0.25) is 0 Å². The summed E-state index contributed by atoms with van der Waals surface area (Å²) in [6.45, 7) is 1.74. The van der Waals surface area contributed by atoms with Gasteiger partial charge in [0.1, 0.15) is 12.1 Å². The van der Waals surface area contributed by atoms with Crippen molar-refractivity contribution < 1.29 is 9.53 Å². The highest BCUT2D eigenvalue weighted by Gasteiger charge is 2.03. The fraction of sp³-hybridized carbons (Fsp3) is 0.200. The van der Waals surface area contributed by atoms with Gasteiger partial charge in [-0.15, -0.1) is 5.10 Å². The summed E-state index contributed by atoms with van der Waals surface area (Å²) >= 11 is 0. The zero-order valence-corrected chi connectivity index (χ0v) is 8.70. The van der Waals surface area contributed by atoms with Crippen LogP contribution in [0.5, 0.6) is 5.75 Å². The topological polar surface area (TPSA) is 69.9 Å². The second kappa shape index (κ2) is 4.52. The van der Waals surface area contributed by atoms with Gasteiger partial charge < -0.3 is 4.74 Å². The highest BCUT2D eigenvalue weighted by Crippen LogP contribution is 2.15. The average molecular weight is 218 g/mol. The van der Waals surface area contributed by atoms with E-state index in [9.17, 15) is 4.79 Å². The van der Waals surface area contributed by atoms with Crippen LogP contribution in [0.25, 0.3) is 5.69 Å². The SMILES string of the molecule is CCC(=O)Oc1cccc(-n2cnnn2)c1. The number of aromatic nitrogens is 4. The van der Waals surface area contributed by atoms with Crippen LogP contribution in [-0.2, 0) is 4.79 Å². The quantitative estimate of drug-likeness (QED) is 0.567. The van der Waals surface area contributed by atoms with E-state index in [1.807, 2.05) is 6.07 Å². The van der Waals surface area contributed by atoms with Gasteiger partial charge in [-0.3, -0.25) is 4.79 Å². The predicted octanol–water partition coefficient (Wildman–Crippen LogP) is 0.978. The molecule has 0 fully saturated rings. The second-order valence-electron chi connectivity index (χ2n) is 3.08. The molecule has 0 aliphatic rings. The number of hydrogen-bond donors (Lipinski definition) is 0. The molecule has 0 saturated heterocycles. The summed E-state index contributed by atoms with van der Waals surface area (Å²) in [5.41, 5.74) is 0.742. The number of nitrogens with zero attached hydrogens (tertiary/aromatic N) is 4. The molecule has 0 N–H and O–H groups in total. The molecule has 1 aromatic carbocycles. The first-order valence-electron chi connectivity index (χ1n) is 4.83. The van der Waals surface area contributed by atoms with Crippen molar-refractivity contribution in [3.63, 3.8) is 0 Å². The zero-order valence-electron chi connectivity index (χ0n) is 8.70. The molecule has 0 spiro atoms. The summed E-state index contributed by atoms with van der Waals surface area (Å²) in [5.74, 6) is 0.216. The average Bonchev–Trinajstić information content (AvgIpc) is 2.83. The Labute approximate surface area is 91.8 Å². The number of hydrogen-bond acceptors (Lipinski definition) is 5. The van der Waals surface area contributed by atoms with E-state index in [0.29, 0.717) is 12.2 Å². The van der Waals surface area contributed by atoms with Crippen LogP contribution >= 0.6 is 0 Å². The minimum Gasteiger partial charge on any atom is -0.426 e. The molecule has 0 aliphatic heterocycles. The molecule has 0 atom stereocenters. The molecular formula is C10H10N4O2. The molecule has 1 heterocycles. The predicted molar refractivity (Wildman–Crippen MR) is 55.1 cm³/mol. The Hall–Kier alpha value is -2.24. The molecule has 2 rings (SSSR count). The highest BCUT2D eigenvalue weighted by molar-refractivity contribution is 5.72. The van der Waals surface area contributed by atoms with E-state index in [1.54, 1.807) is 25.1 Å². The smallest absolute Gasteiger partial charge is 0.310 e. The molecule has 0 bridgehead atoms. The number of esters is 1. The molecule has 0 saturated carbocycles. The van der Waals surface area contributed by atoms with Gasteiger partial charge >= 0.3 is 5.97 Å². The van der Waals surface area contributed by atoms with Crippen LogP contribution in [0.4, 0.5) is 0 Å². The van der Waals surface area contributed by atoms with Crippen molar-refractivity contribution in [3.8, 4) is 11.4 Å². The van der Waals surface area contributed by atoms with Gasteiger partial charge in [-0.2, -0.15) is 0 Å². The van der Waals surface area contributed by atoms with E-state index < -0.39 is 0 Å². The summed E-state index contributed by atoms with van der Waals surface area (Å²) in [4.78, 5) is 11.1. The summed E-state index contributed by atoms with van der Waals surface area (Å²) in [6.07, 6.45) is 1.82. The van der Waals surface area contributed by atoms with Crippen LogP contribution in [0.3, 0.4) is 0 Å². The van der Waals surface area contributed by atoms with Gasteiger partial charge in [-0.25, -0.2) is 4.68 Å². The fourth-order valence-corrected chi connectivity index (χ4v) is 1.17. The van der Waals surface area contributed by atoms with Crippen LogP contribution in [0, 0.1) is 0 Å². The maximum absolute atomic E-state index is 11.1. The summed E-state index contributed by atoms with van der Waals surface area (Å²) in [6, 6.07) is 7.00. The lowest BCUT2D eigenvalue weighted by Crippen LogP contribution is -2.06. The standard InChI is InChI=1S/C10H10N4O2/c1-2-10(15)16-9-5-3-4-8(6-9)14-7-11-12-13-14/h3-7H,2H2,1H3. The lowest BCUT2D eigenvalue weighted by atomic mass is 10.3. The number of ether oxygens (including phenoxy) is 1. The highest BCUT2D eigenvalue weighted by atomic mass is 16.5. The largest absolute Gasteiger partial charge is 0.426 e. The van der Waals surface area contributed by atoms with Crippen molar-refractivity contribution in [2.45, 2.75) is 13.3 Å². The minimum absolute atomic E-state index is 0.270. The molecule has 6 nitrogen and oxygen atoms in total. The van der Waals surface area contributed by atoms with Gasteiger partial charge in [0.05, 0.1) is 5.69 Å². The molecule has 0 amide bonds. The van der Waals surface area contributed by atoms with Crippen molar-refractivity contribution in [2.24, 2.45) is 0 Å². The van der Waals surface area contributed by atoms with Crippen LogP contribution in [-0.4, -0.2) is 26.2 Å². The van der Waals surface area contributed by atoms with E-state index in [0.717, 1.165) is 5.69 Å². The molecule has 0 unspecified atom stereocenters. The molecule has 0 aliphatic carbocycles. The third kappa shape index (κ3) is 2.22. The number of rotatable bonds is 3. The van der Waals surface area contributed by atoms with Gasteiger partial charge in [0.15, 0.2) is 0 Å². The Bertz CT molecular complexity index is 481. The zero-order chi connectivity index (χ0) is 11.4. The molecule has 6 heteroatoms. The number of tetrazole rings is 1. The number of benzene rings is 1. The van der Waals surface area contributed by atoms with Gasteiger partial charge in [0.25, 0.3) is 0 Å². The maximum atomic E-state index is 11.1. The first-order chi connectivity index (χ1) is 7.79. The Morgan fingerprint density at radius 2 is 2.38 bits per heavy atom. The molecule has 1 aromatic heterocycles. The van der Waals surface area contributed by atoms with Gasteiger partial charge in [-0.05, 0) is 22.6 Å². The molecule has 0 radical (unpaired) electrons. The van der Waals surface area contributed by atoms with Crippen LogP contribution in [0.1, 0.15) is 13.3 Å². The lowest BCUT2D eigenvalue weighted by molar-refractivity contribution is -0.134. The maximum Gasteiger partial charge on any atom is 0.310 e. The Balaban J connectivity index is 2.23. The Morgan fingerprint density at radius 1 is 1.50 bits per heavy atom. The first-order valence-corrected chi connectivity index (χ1v) is 4.83. The van der Waals surface area contributed by atoms with E-state index >= 15 is 0 Å². The van der Waals surface area contributed by atoms with Gasteiger partial charge in [0, 0.05) is 12.5 Å². The van der Waals surface area contributed by atoms with Gasteiger partial charge in [-0.1, -0.05) is 13.0 Å². The van der Waals surface area contributed by atoms with Crippen molar-refractivity contribution in [2.75, 3.05) is 0 Å². The normalized spacial score (nSPS) is 10.1. The summed E-state index contributed by atoms with van der Waals surface area (Å²) in [5, 5.41) is 10.8. The van der Waals surface area contributed by atoms with Gasteiger partial charge in [0.2, 0.25) is 0 Å². The Kier molecular flexibility index (Phi) is 2.90. The van der Waals surface area contributed by atoms with E-state index in [4.69, 9.17) is 4.74 Å². The summed E-state index contributed by atoms with van der Waals surface area (Å²) in [7, 11) is 0. The van der Waals surface area contributed by atoms with Crippen LogP contribution < -0.4 is 4.74 Å². The molecule has 2 aromatic rings.